The number of carbonyl (C=O) groups is 9. The van der Waals surface area contributed by atoms with Gasteiger partial charge in [-0.15, -0.1) is 0 Å². The lowest BCUT2D eigenvalue weighted by Gasteiger charge is -2.34. The van der Waals surface area contributed by atoms with Crippen molar-refractivity contribution in [3.63, 3.8) is 0 Å². The Hall–Kier alpha value is -8.44. The molecule has 8 amide bonds. The first-order valence-corrected chi connectivity index (χ1v) is 29.2. The van der Waals surface area contributed by atoms with Gasteiger partial charge in [-0.05, 0) is 114 Å². The van der Waals surface area contributed by atoms with Gasteiger partial charge in [-0.3, -0.25) is 57.9 Å². The molecule has 5 aromatic carbocycles. The van der Waals surface area contributed by atoms with Crippen LogP contribution in [0.1, 0.15) is 124 Å². The van der Waals surface area contributed by atoms with E-state index in [0.717, 1.165) is 29.7 Å². The molecule has 0 saturated carbocycles. The molecule has 5 aliphatic rings. The molecule has 83 heavy (non-hydrogen) atoms. The number of nitrogens with one attached hydrogen (secondary N) is 3. The molecule has 5 atom stereocenters. The number of ketones is 1. The van der Waals surface area contributed by atoms with Crippen LogP contribution in [0, 0.1) is 17.8 Å². The molecule has 1 unspecified atom stereocenters. The third-order valence-corrected chi connectivity index (χ3v) is 17.5. The number of likely N-dealkylation sites (tertiary alicyclic amines) is 1. The summed E-state index contributed by atoms with van der Waals surface area (Å²) in [6.07, 6.45) is 2.72. The summed E-state index contributed by atoms with van der Waals surface area (Å²) >= 11 is 0. The number of amides is 8. The molecular weight excluding hydrogens is 1090 g/mol. The van der Waals surface area contributed by atoms with Gasteiger partial charge in [0.15, 0.2) is 5.78 Å². The predicted molar refractivity (Wildman–Crippen MR) is 298 cm³/mol. The number of anilines is 1. The minimum Gasteiger partial charge on any atom is -0.370 e. The third-order valence-electron chi connectivity index (χ3n) is 16.5. The van der Waals surface area contributed by atoms with Crippen molar-refractivity contribution in [2.75, 3.05) is 18.0 Å². The van der Waals surface area contributed by atoms with Crippen molar-refractivity contribution < 1.29 is 66.3 Å². The molecule has 5 aliphatic heterocycles. The number of hydrogen-bond acceptors (Lipinski definition) is 10. The summed E-state index contributed by atoms with van der Waals surface area (Å²) < 4.78 is 41.0. The normalized spacial score (nSPS) is 19.7. The first-order valence-electron chi connectivity index (χ1n) is 27.6. The molecular formula is C61H60F2N7O12P. The zero-order valence-electron chi connectivity index (χ0n) is 45.0. The van der Waals surface area contributed by atoms with E-state index < -0.39 is 84.2 Å². The monoisotopic (exact) mass is 1150 g/mol. The molecule has 2 saturated heterocycles. The molecule has 0 aromatic heterocycles. The standard InChI is InChI=1S/C61H60F2N7O12P/c62-61(63,83(80,81)82)43-20-18-36-16-17-41(30-42(36)31-43)55(74)66-48-21-19-39-13-6-14-40-32-50(70(54(39)40)60(48)79)57(76)65-47(22-24-52(64)72)51(71)33-45(37-9-2-1-3-10-37)58(77)68-28-26-35(27-29-68)8-4-5-11-38-12-7-15-44-46(38)34-69(59(44)78)49-23-25-53(73)67-56(49)75/h1-3,6-7,9-10,12-18,20,30-31,35,45,47-50H,4,8,19,21-29,32-34H2,(H2,64,72)(H,65,76)(H,66,74)(H,67,73,75)(H2,80,81,82)/t45-,47-,48-,49?,50-/m0/s1. The number of aryl methyl sites for hydroxylation is 1. The number of alkyl halides is 2. The fourth-order valence-corrected chi connectivity index (χ4v) is 12.5. The lowest BCUT2D eigenvalue weighted by Crippen LogP contribution is -2.56. The molecule has 10 rings (SSSR count). The molecule has 5 aromatic rings. The van der Waals surface area contributed by atoms with E-state index >= 15 is 0 Å². The van der Waals surface area contributed by atoms with Gasteiger partial charge in [0.2, 0.25) is 35.4 Å². The first-order chi connectivity index (χ1) is 39.7. The van der Waals surface area contributed by atoms with Crippen molar-refractivity contribution >= 4 is 77.1 Å². The first kappa shape index (κ1) is 57.8. The van der Waals surface area contributed by atoms with Crippen LogP contribution < -0.4 is 26.6 Å². The maximum atomic E-state index is 14.7. The number of carbonyl (C=O) groups excluding carboxylic acids is 9. The van der Waals surface area contributed by atoms with Gasteiger partial charge in [0.1, 0.15) is 18.1 Å². The van der Waals surface area contributed by atoms with Gasteiger partial charge >= 0.3 is 13.3 Å². The molecule has 2 fully saturated rings. The fourth-order valence-electron chi connectivity index (χ4n) is 12.0. The maximum Gasteiger partial charge on any atom is 0.399 e. The Morgan fingerprint density at radius 3 is 2.31 bits per heavy atom. The minimum atomic E-state index is -5.89. The smallest absolute Gasteiger partial charge is 0.370 e. The minimum absolute atomic E-state index is 0.0387. The molecule has 430 valence electrons. The number of fused-ring (bicyclic) bond motifs is 2. The van der Waals surface area contributed by atoms with Gasteiger partial charge in [-0.1, -0.05) is 84.6 Å². The van der Waals surface area contributed by atoms with Crippen LogP contribution in [0.25, 0.3) is 10.8 Å². The number of para-hydroxylation sites is 1. The maximum absolute atomic E-state index is 14.7. The number of primary amides is 1. The van der Waals surface area contributed by atoms with Gasteiger partial charge in [-0.25, -0.2) is 0 Å². The Bertz CT molecular complexity index is 3610. The summed E-state index contributed by atoms with van der Waals surface area (Å²) in [6.45, 7) is 1.05. The second-order valence-electron chi connectivity index (χ2n) is 21.8. The van der Waals surface area contributed by atoms with Crippen molar-refractivity contribution in [2.45, 2.75) is 119 Å². The lowest BCUT2D eigenvalue weighted by atomic mass is 9.87. The second-order valence-corrected chi connectivity index (χ2v) is 23.5. The molecule has 0 spiro atoms. The highest BCUT2D eigenvalue weighted by Gasteiger charge is 2.51. The van der Waals surface area contributed by atoms with E-state index in [2.05, 4.69) is 27.8 Å². The van der Waals surface area contributed by atoms with Gasteiger partial charge < -0.3 is 36.0 Å². The van der Waals surface area contributed by atoms with Crippen LogP contribution in [0.15, 0.2) is 103 Å². The SMILES string of the molecule is NC(=O)CC[C@H](NC(=O)[C@@H]1Cc2cccc3c2N1C(=O)[C@@H](NC(=O)c1ccc2ccc(C(F)(F)P(=O)(O)O)cc2c1)CC3)C(=O)C[C@H](C(=O)N1CCC(CCC#Cc2cccc3c2CN(C2CCC(=O)NC2=O)C3=O)CC1)c1ccccc1. The Kier molecular flexibility index (Phi) is 16.6. The Morgan fingerprint density at radius 1 is 0.843 bits per heavy atom. The van der Waals surface area contributed by atoms with E-state index in [4.69, 9.17) is 5.73 Å². The van der Waals surface area contributed by atoms with Gasteiger partial charge in [0, 0.05) is 74.0 Å². The number of nitrogens with two attached hydrogens (primary N) is 1. The largest absolute Gasteiger partial charge is 0.399 e. The highest BCUT2D eigenvalue weighted by Crippen LogP contribution is 2.59. The second kappa shape index (κ2) is 23.8. The van der Waals surface area contributed by atoms with Crippen LogP contribution in [0.2, 0.25) is 0 Å². The van der Waals surface area contributed by atoms with Crippen LogP contribution in [0.5, 0.6) is 0 Å². The van der Waals surface area contributed by atoms with Crippen molar-refractivity contribution in [1.29, 1.82) is 0 Å². The van der Waals surface area contributed by atoms with E-state index in [1.54, 1.807) is 65.6 Å². The molecule has 22 heteroatoms. The average molecular weight is 1150 g/mol. The Labute approximate surface area is 475 Å². The number of piperidine rings is 2. The highest BCUT2D eigenvalue weighted by molar-refractivity contribution is 7.52. The third kappa shape index (κ3) is 12.1. The van der Waals surface area contributed by atoms with Crippen molar-refractivity contribution in [1.82, 2.24) is 25.8 Å². The predicted octanol–water partition coefficient (Wildman–Crippen LogP) is 5.39. The zero-order chi connectivity index (χ0) is 58.9. The fraction of sp³-hybridized carbons (Fsp3) is 0.361. The Balaban J connectivity index is 0.791. The molecule has 0 aliphatic carbocycles. The van der Waals surface area contributed by atoms with Crippen LogP contribution in [0.3, 0.4) is 0 Å². The topological polar surface area (TPSA) is 283 Å². The molecule has 5 heterocycles. The van der Waals surface area contributed by atoms with Gasteiger partial charge in [0.25, 0.3) is 11.8 Å². The number of Topliss-reactive ketones (excluding diaryl/α,β-unsaturated/α-hetero) is 1. The number of imide groups is 1. The summed E-state index contributed by atoms with van der Waals surface area (Å²) in [6, 6.07) is 22.2. The summed E-state index contributed by atoms with van der Waals surface area (Å²) in [5.74, 6) is 0.999. The number of hydrogen-bond donors (Lipinski definition) is 6. The summed E-state index contributed by atoms with van der Waals surface area (Å²) in [7, 11) is -5.89. The quantitative estimate of drug-likeness (QED) is 0.0388. The summed E-state index contributed by atoms with van der Waals surface area (Å²) in [4.78, 5) is 146. The zero-order valence-corrected chi connectivity index (χ0v) is 45.9. The van der Waals surface area contributed by atoms with Crippen molar-refractivity contribution in [2.24, 2.45) is 11.7 Å². The highest BCUT2D eigenvalue weighted by atomic mass is 31.2. The van der Waals surface area contributed by atoms with E-state index in [-0.39, 0.29) is 86.1 Å². The summed E-state index contributed by atoms with van der Waals surface area (Å²) in [5, 5.41) is 8.35. The van der Waals surface area contributed by atoms with E-state index in [9.17, 15) is 66.3 Å². The molecule has 19 nitrogen and oxygen atoms in total. The number of benzene rings is 5. The lowest BCUT2D eigenvalue weighted by molar-refractivity contribution is -0.137. The Morgan fingerprint density at radius 2 is 1.58 bits per heavy atom. The molecule has 0 radical (unpaired) electrons. The van der Waals surface area contributed by atoms with Crippen LogP contribution in [-0.2, 0) is 63.2 Å². The number of halogens is 2. The van der Waals surface area contributed by atoms with E-state index in [1.807, 2.05) is 6.07 Å². The molecule has 0 bridgehead atoms. The number of nitrogens with zero attached hydrogens (tertiary/aromatic N) is 3. The van der Waals surface area contributed by atoms with Crippen LogP contribution in [0.4, 0.5) is 14.5 Å². The summed E-state index contributed by atoms with van der Waals surface area (Å²) in [5.41, 5.74) is 4.48. The van der Waals surface area contributed by atoms with Gasteiger partial charge in [-0.2, -0.15) is 8.78 Å². The van der Waals surface area contributed by atoms with E-state index in [1.165, 1.54) is 34.1 Å². The molecule has 7 N–H and O–H groups in total. The number of rotatable bonds is 17. The van der Waals surface area contributed by atoms with E-state index in [0.29, 0.717) is 72.1 Å². The average Bonchev–Trinajstić information content (AvgIpc) is 3.80. The van der Waals surface area contributed by atoms with Crippen LogP contribution in [-0.4, -0.2) is 110 Å². The van der Waals surface area contributed by atoms with Gasteiger partial charge in [0.05, 0.1) is 17.6 Å². The van der Waals surface area contributed by atoms with Crippen molar-refractivity contribution in [3.8, 4) is 11.8 Å². The van der Waals surface area contributed by atoms with Crippen molar-refractivity contribution in [3.05, 3.63) is 148 Å². The van der Waals surface area contributed by atoms with Crippen LogP contribution >= 0.6 is 7.60 Å².